The van der Waals surface area contributed by atoms with E-state index < -0.39 is 0 Å². The molecular weight excluding hydrogens is 274 g/mol. The Bertz CT molecular complexity index is 691. The minimum Gasteiger partial charge on any atom is -0.362 e. The van der Waals surface area contributed by atoms with Crippen LogP contribution < -0.4 is 16.6 Å². The molecule has 0 amide bonds. The number of thiophene rings is 1. The Balaban J connectivity index is 1.98. The summed E-state index contributed by atoms with van der Waals surface area (Å²) in [6, 6.07) is 4.36. The van der Waals surface area contributed by atoms with Gasteiger partial charge in [-0.1, -0.05) is 13.0 Å². The van der Waals surface area contributed by atoms with Crippen molar-refractivity contribution in [1.29, 1.82) is 0 Å². The molecule has 0 spiro atoms. The van der Waals surface area contributed by atoms with Crippen molar-refractivity contribution in [3.05, 3.63) is 28.6 Å². The van der Waals surface area contributed by atoms with Gasteiger partial charge < -0.3 is 5.32 Å². The lowest BCUT2D eigenvalue weighted by Crippen LogP contribution is -2.14. The van der Waals surface area contributed by atoms with E-state index in [1.807, 2.05) is 6.07 Å². The number of H-pyrrole nitrogens is 1. The predicted molar refractivity (Wildman–Crippen MR) is 80.5 cm³/mol. The van der Waals surface area contributed by atoms with Crippen LogP contribution in [0.5, 0.6) is 0 Å². The molecule has 5 N–H and O–H groups in total. The number of aromatic nitrogens is 4. The molecule has 3 heterocycles. The van der Waals surface area contributed by atoms with Crippen molar-refractivity contribution in [2.75, 3.05) is 10.7 Å². The smallest absolute Gasteiger partial charge is 0.241 e. The Morgan fingerprint density at radius 1 is 1.45 bits per heavy atom. The second kappa shape index (κ2) is 5.43. The minimum absolute atomic E-state index is 0.202. The Labute approximate surface area is 119 Å². The average Bonchev–Trinajstić information content (AvgIpc) is 3.14. The molecule has 104 valence electrons. The Morgan fingerprint density at radius 2 is 2.35 bits per heavy atom. The van der Waals surface area contributed by atoms with Crippen LogP contribution in [0.4, 0.5) is 11.8 Å². The second-order valence-corrected chi connectivity index (χ2v) is 5.27. The van der Waals surface area contributed by atoms with Crippen LogP contribution in [0.15, 0.2) is 23.7 Å². The first-order valence-electron chi connectivity index (χ1n) is 6.29. The van der Waals surface area contributed by atoms with E-state index in [0.29, 0.717) is 11.6 Å². The molecule has 0 saturated heterocycles. The SMILES string of the molecule is CCC(Nc1nc(NN)nc2[nH]ncc12)c1cccs1. The Morgan fingerprint density at radius 3 is 3.05 bits per heavy atom. The van der Waals surface area contributed by atoms with Crippen LogP contribution in [0, 0.1) is 0 Å². The zero-order valence-electron chi connectivity index (χ0n) is 10.9. The molecule has 0 saturated carbocycles. The van der Waals surface area contributed by atoms with Crippen LogP contribution >= 0.6 is 11.3 Å². The summed E-state index contributed by atoms with van der Waals surface area (Å²) in [5.41, 5.74) is 3.12. The van der Waals surface area contributed by atoms with Gasteiger partial charge in [0.2, 0.25) is 5.95 Å². The van der Waals surface area contributed by atoms with Gasteiger partial charge in [0.25, 0.3) is 0 Å². The molecule has 3 rings (SSSR count). The average molecular weight is 289 g/mol. The van der Waals surface area contributed by atoms with Crippen LogP contribution in [0.1, 0.15) is 24.3 Å². The van der Waals surface area contributed by atoms with Gasteiger partial charge in [-0.2, -0.15) is 15.1 Å². The van der Waals surface area contributed by atoms with Gasteiger partial charge in [0, 0.05) is 4.88 Å². The molecule has 20 heavy (non-hydrogen) atoms. The van der Waals surface area contributed by atoms with E-state index in [9.17, 15) is 0 Å². The maximum Gasteiger partial charge on any atom is 0.241 e. The normalized spacial score (nSPS) is 12.5. The number of hydrazine groups is 1. The number of hydrogen-bond acceptors (Lipinski definition) is 7. The zero-order valence-corrected chi connectivity index (χ0v) is 11.7. The molecule has 0 bridgehead atoms. The number of hydrogen-bond donors (Lipinski definition) is 4. The van der Waals surface area contributed by atoms with E-state index in [2.05, 4.69) is 49.3 Å². The highest BCUT2D eigenvalue weighted by Gasteiger charge is 2.15. The molecule has 3 aromatic heterocycles. The van der Waals surface area contributed by atoms with Gasteiger partial charge in [-0.05, 0) is 17.9 Å². The van der Waals surface area contributed by atoms with E-state index in [1.165, 1.54) is 4.88 Å². The maximum atomic E-state index is 5.40. The summed E-state index contributed by atoms with van der Waals surface area (Å²) >= 11 is 1.72. The Kier molecular flexibility index (Phi) is 3.48. The Hall–Kier alpha value is -2.19. The number of fused-ring (bicyclic) bond motifs is 1. The van der Waals surface area contributed by atoms with E-state index >= 15 is 0 Å². The maximum absolute atomic E-state index is 5.40. The zero-order chi connectivity index (χ0) is 13.9. The van der Waals surface area contributed by atoms with Gasteiger partial charge in [-0.15, -0.1) is 11.3 Å². The molecule has 0 aliphatic carbocycles. The third-order valence-corrected chi connectivity index (χ3v) is 4.03. The minimum atomic E-state index is 0.202. The van der Waals surface area contributed by atoms with Gasteiger partial charge >= 0.3 is 0 Å². The topological polar surface area (TPSA) is 105 Å². The van der Waals surface area contributed by atoms with Gasteiger partial charge in [-0.3, -0.25) is 10.5 Å². The fourth-order valence-electron chi connectivity index (χ4n) is 2.04. The quantitative estimate of drug-likeness (QED) is 0.424. The molecular formula is C12H15N7S. The summed E-state index contributed by atoms with van der Waals surface area (Å²) in [5.74, 6) is 6.47. The lowest BCUT2D eigenvalue weighted by Gasteiger charge is -2.17. The fraction of sp³-hybridized carbons (Fsp3) is 0.250. The summed E-state index contributed by atoms with van der Waals surface area (Å²) in [4.78, 5) is 9.85. The van der Waals surface area contributed by atoms with Gasteiger partial charge in [0.05, 0.1) is 17.6 Å². The number of rotatable bonds is 5. The van der Waals surface area contributed by atoms with Crippen molar-refractivity contribution in [3.8, 4) is 0 Å². The largest absolute Gasteiger partial charge is 0.362 e. The summed E-state index contributed by atoms with van der Waals surface area (Å²) in [6.45, 7) is 2.13. The van der Waals surface area contributed by atoms with Crippen molar-refractivity contribution < 1.29 is 0 Å². The van der Waals surface area contributed by atoms with Gasteiger partial charge in [0.1, 0.15) is 5.82 Å². The number of nitrogen functional groups attached to an aromatic ring is 1. The van der Waals surface area contributed by atoms with Crippen LogP contribution in [0.3, 0.4) is 0 Å². The van der Waals surface area contributed by atoms with E-state index in [0.717, 1.165) is 17.6 Å². The predicted octanol–water partition coefficient (Wildman–Crippen LogP) is 2.26. The number of nitrogens with one attached hydrogen (secondary N) is 3. The fourth-order valence-corrected chi connectivity index (χ4v) is 2.90. The molecule has 8 heteroatoms. The molecule has 1 unspecified atom stereocenters. The lowest BCUT2D eigenvalue weighted by atomic mass is 10.2. The first-order chi connectivity index (χ1) is 9.81. The summed E-state index contributed by atoms with van der Waals surface area (Å²) < 4.78 is 0. The van der Waals surface area contributed by atoms with Crippen molar-refractivity contribution in [3.63, 3.8) is 0 Å². The third-order valence-electron chi connectivity index (χ3n) is 3.04. The van der Waals surface area contributed by atoms with E-state index in [1.54, 1.807) is 17.5 Å². The number of nitrogens with two attached hydrogens (primary N) is 1. The highest BCUT2D eigenvalue weighted by Crippen LogP contribution is 2.28. The molecule has 0 aliphatic rings. The summed E-state index contributed by atoms with van der Waals surface area (Å²) in [6.07, 6.45) is 2.66. The standard InChI is InChI=1S/C12H15N7S/c1-2-8(9-4-3-5-20-9)15-10-7-6-14-19-11(7)17-12(16-10)18-13/h3-6,8H,2,13H2,1H3,(H3,14,15,16,17,18,19). The molecule has 0 aromatic carbocycles. The molecule has 0 aliphatic heterocycles. The monoisotopic (exact) mass is 289 g/mol. The first-order valence-corrected chi connectivity index (χ1v) is 7.17. The van der Waals surface area contributed by atoms with Crippen molar-refractivity contribution in [1.82, 2.24) is 20.2 Å². The van der Waals surface area contributed by atoms with Gasteiger partial charge in [0.15, 0.2) is 5.65 Å². The summed E-state index contributed by atoms with van der Waals surface area (Å²) in [7, 11) is 0. The lowest BCUT2D eigenvalue weighted by molar-refractivity contribution is 0.760. The van der Waals surface area contributed by atoms with Crippen LogP contribution in [0.2, 0.25) is 0 Å². The molecule has 7 nitrogen and oxygen atoms in total. The van der Waals surface area contributed by atoms with Crippen LogP contribution in [-0.4, -0.2) is 20.2 Å². The first kappa shape index (κ1) is 12.8. The molecule has 0 fully saturated rings. The summed E-state index contributed by atoms with van der Waals surface area (Å²) in [5, 5.41) is 13.2. The van der Waals surface area contributed by atoms with E-state index in [-0.39, 0.29) is 6.04 Å². The van der Waals surface area contributed by atoms with E-state index in [4.69, 9.17) is 5.84 Å². The van der Waals surface area contributed by atoms with Crippen molar-refractivity contribution >= 4 is 34.1 Å². The van der Waals surface area contributed by atoms with Crippen molar-refractivity contribution in [2.24, 2.45) is 5.84 Å². The van der Waals surface area contributed by atoms with Crippen LogP contribution in [-0.2, 0) is 0 Å². The number of anilines is 2. The van der Waals surface area contributed by atoms with Gasteiger partial charge in [-0.25, -0.2) is 5.84 Å². The molecule has 0 radical (unpaired) electrons. The number of aromatic amines is 1. The second-order valence-electron chi connectivity index (χ2n) is 4.29. The highest BCUT2D eigenvalue weighted by molar-refractivity contribution is 7.10. The highest BCUT2D eigenvalue weighted by atomic mass is 32.1. The number of nitrogens with zero attached hydrogens (tertiary/aromatic N) is 3. The van der Waals surface area contributed by atoms with Crippen molar-refractivity contribution in [2.45, 2.75) is 19.4 Å². The molecule has 1 atom stereocenters. The van der Waals surface area contributed by atoms with Crippen LogP contribution in [0.25, 0.3) is 11.0 Å². The third kappa shape index (κ3) is 2.30. The molecule has 3 aromatic rings.